The SMILES string of the molecule is COc1ccc(C(=O)CCC(=O)N2CCNC(C)C2)cc1.Cl. The van der Waals surface area contributed by atoms with Gasteiger partial charge in [0.25, 0.3) is 0 Å². The molecule has 0 aliphatic carbocycles. The van der Waals surface area contributed by atoms with E-state index in [0.717, 1.165) is 25.4 Å². The number of amides is 1. The number of ketones is 1. The molecule has 1 N–H and O–H groups in total. The van der Waals surface area contributed by atoms with Crippen molar-refractivity contribution in [1.82, 2.24) is 10.2 Å². The molecule has 2 rings (SSSR count). The Morgan fingerprint density at radius 2 is 1.95 bits per heavy atom. The molecular formula is C16H23ClN2O3. The van der Waals surface area contributed by atoms with Crippen LogP contribution in [0, 0.1) is 0 Å². The number of nitrogens with one attached hydrogen (secondary N) is 1. The van der Waals surface area contributed by atoms with Crippen LogP contribution in [0.15, 0.2) is 24.3 Å². The summed E-state index contributed by atoms with van der Waals surface area (Å²) in [6, 6.07) is 7.30. The highest BCUT2D eigenvalue weighted by molar-refractivity contribution is 5.98. The van der Waals surface area contributed by atoms with Gasteiger partial charge in [0.15, 0.2) is 5.78 Å². The van der Waals surface area contributed by atoms with Gasteiger partial charge in [-0.05, 0) is 31.2 Å². The van der Waals surface area contributed by atoms with Crippen LogP contribution in [-0.4, -0.2) is 49.4 Å². The largest absolute Gasteiger partial charge is 0.497 e. The van der Waals surface area contributed by atoms with Gasteiger partial charge in [-0.3, -0.25) is 9.59 Å². The number of hydrogen-bond acceptors (Lipinski definition) is 4. The Kier molecular flexibility index (Phi) is 7.35. The summed E-state index contributed by atoms with van der Waals surface area (Å²) in [5.41, 5.74) is 0.622. The van der Waals surface area contributed by atoms with E-state index < -0.39 is 0 Å². The van der Waals surface area contributed by atoms with Crippen LogP contribution in [0.3, 0.4) is 0 Å². The number of halogens is 1. The molecule has 1 aliphatic heterocycles. The Labute approximate surface area is 137 Å². The molecule has 1 aromatic rings. The van der Waals surface area contributed by atoms with Crippen molar-refractivity contribution in [2.75, 3.05) is 26.7 Å². The maximum absolute atomic E-state index is 12.1. The average molecular weight is 327 g/mol. The molecule has 1 heterocycles. The van der Waals surface area contributed by atoms with Crippen molar-refractivity contribution >= 4 is 24.1 Å². The van der Waals surface area contributed by atoms with E-state index in [-0.39, 0.29) is 36.9 Å². The van der Waals surface area contributed by atoms with Gasteiger partial charge >= 0.3 is 0 Å². The Hall–Kier alpha value is -1.59. The zero-order valence-electron chi connectivity index (χ0n) is 13.0. The molecule has 0 aromatic heterocycles. The lowest BCUT2D eigenvalue weighted by Gasteiger charge is -2.31. The molecule has 1 aliphatic rings. The van der Waals surface area contributed by atoms with Gasteiger partial charge in [0.05, 0.1) is 7.11 Å². The van der Waals surface area contributed by atoms with Crippen LogP contribution in [0.1, 0.15) is 30.1 Å². The van der Waals surface area contributed by atoms with E-state index in [0.29, 0.717) is 11.6 Å². The first-order valence-electron chi connectivity index (χ1n) is 7.28. The number of nitrogens with zero attached hydrogens (tertiary/aromatic N) is 1. The molecule has 1 unspecified atom stereocenters. The molecule has 0 spiro atoms. The van der Waals surface area contributed by atoms with Crippen molar-refractivity contribution in [2.24, 2.45) is 0 Å². The van der Waals surface area contributed by atoms with Gasteiger partial charge in [-0.15, -0.1) is 12.4 Å². The summed E-state index contributed by atoms with van der Waals surface area (Å²) in [7, 11) is 1.59. The van der Waals surface area contributed by atoms with Crippen LogP contribution >= 0.6 is 12.4 Å². The standard InChI is InChI=1S/C16H22N2O3.ClH/c1-12-11-18(10-9-17-12)16(20)8-7-15(19)13-3-5-14(21-2)6-4-13;/h3-6,12,17H,7-11H2,1-2H3;1H. The Bertz CT molecular complexity index is 505. The second kappa shape index (κ2) is 8.76. The number of hydrogen-bond donors (Lipinski definition) is 1. The molecule has 0 saturated carbocycles. The number of ether oxygens (including phenoxy) is 1. The number of methoxy groups -OCH3 is 1. The monoisotopic (exact) mass is 326 g/mol. The third-order valence-corrected chi connectivity index (χ3v) is 3.70. The van der Waals surface area contributed by atoms with Crippen molar-refractivity contribution in [3.63, 3.8) is 0 Å². The van der Waals surface area contributed by atoms with Crippen LogP contribution in [0.25, 0.3) is 0 Å². The highest BCUT2D eigenvalue weighted by Gasteiger charge is 2.20. The third-order valence-electron chi connectivity index (χ3n) is 3.70. The van der Waals surface area contributed by atoms with Gasteiger partial charge in [0.1, 0.15) is 5.75 Å². The lowest BCUT2D eigenvalue weighted by atomic mass is 10.1. The molecule has 5 nitrogen and oxygen atoms in total. The fraction of sp³-hybridized carbons (Fsp3) is 0.500. The van der Waals surface area contributed by atoms with Gasteiger partial charge in [-0.1, -0.05) is 0 Å². The molecule has 0 bridgehead atoms. The van der Waals surface area contributed by atoms with E-state index in [4.69, 9.17) is 4.74 Å². The van der Waals surface area contributed by atoms with E-state index in [1.54, 1.807) is 31.4 Å². The maximum atomic E-state index is 12.1. The van der Waals surface area contributed by atoms with Gasteiger partial charge in [-0.2, -0.15) is 0 Å². The summed E-state index contributed by atoms with van der Waals surface area (Å²) in [6.45, 7) is 4.32. The maximum Gasteiger partial charge on any atom is 0.223 e. The van der Waals surface area contributed by atoms with E-state index >= 15 is 0 Å². The van der Waals surface area contributed by atoms with Crippen LogP contribution in [-0.2, 0) is 4.79 Å². The van der Waals surface area contributed by atoms with Crippen molar-refractivity contribution in [2.45, 2.75) is 25.8 Å². The number of benzene rings is 1. The summed E-state index contributed by atoms with van der Waals surface area (Å²) in [4.78, 5) is 26.0. The van der Waals surface area contributed by atoms with Gasteiger partial charge < -0.3 is 15.0 Å². The molecule has 1 atom stereocenters. The summed E-state index contributed by atoms with van der Waals surface area (Å²) in [6.07, 6.45) is 0.529. The van der Waals surface area contributed by atoms with Gasteiger partial charge in [-0.25, -0.2) is 0 Å². The summed E-state index contributed by atoms with van der Waals surface area (Å²) < 4.78 is 5.06. The fourth-order valence-electron chi connectivity index (χ4n) is 2.46. The molecule has 1 fully saturated rings. The van der Waals surface area contributed by atoms with Crippen molar-refractivity contribution in [3.8, 4) is 5.75 Å². The molecule has 122 valence electrons. The first-order chi connectivity index (χ1) is 10.1. The topological polar surface area (TPSA) is 58.6 Å². The quantitative estimate of drug-likeness (QED) is 0.840. The highest BCUT2D eigenvalue weighted by atomic mass is 35.5. The van der Waals surface area contributed by atoms with E-state index in [1.807, 2.05) is 4.90 Å². The van der Waals surface area contributed by atoms with Crippen LogP contribution in [0.4, 0.5) is 0 Å². The molecule has 6 heteroatoms. The zero-order valence-corrected chi connectivity index (χ0v) is 13.8. The second-order valence-corrected chi connectivity index (χ2v) is 5.35. The predicted molar refractivity (Wildman–Crippen MR) is 87.9 cm³/mol. The Morgan fingerprint density at radius 3 is 2.55 bits per heavy atom. The minimum absolute atomic E-state index is 0. The normalized spacial score (nSPS) is 17.5. The first-order valence-corrected chi connectivity index (χ1v) is 7.28. The summed E-state index contributed by atoms with van der Waals surface area (Å²) >= 11 is 0. The van der Waals surface area contributed by atoms with Gasteiger partial charge in [0, 0.05) is 44.1 Å². The number of piperazine rings is 1. The Balaban J connectivity index is 0.00000242. The smallest absolute Gasteiger partial charge is 0.223 e. The minimum Gasteiger partial charge on any atom is -0.497 e. The lowest BCUT2D eigenvalue weighted by Crippen LogP contribution is -2.51. The van der Waals surface area contributed by atoms with E-state index in [1.165, 1.54) is 0 Å². The molecule has 22 heavy (non-hydrogen) atoms. The summed E-state index contributed by atoms with van der Waals surface area (Å²) in [5.74, 6) is 0.775. The highest BCUT2D eigenvalue weighted by Crippen LogP contribution is 2.14. The van der Waals surface area contributed by atoms with Crippen LogP contribution in [0.2, 0.25) is 0 Å². The minimum atomic E-state index is -0.00538. The number of Topliss-reactive ketones (excluding diaryl/α,β-unsaturated/α-hetero) is 1. The third kappa shape index (κ3) is 5.00. The number of carbonyl (C=O) groups is 2. The molecular weight excluding hydrogens is 304 g/mol. The van der Waals surface area contributed by atoms with Crippen molar-refractivity contribution in [3.05, 3.63) is 29.8 Å². The van der Waals surface area contributed by atoms with Crippen molar-refractivity contribution in [1.29, 1.82) is 0 Å². The number of carbonyl (C=O) groups excluding carboxylic acids is 2. The van der Waals surface area contributed by atoms with Gasteiger partial charge in [0.2, 0.25) is 5.91 Å². The second-order valence-electron chi connectivity index (χ2n) is 5.35. The van der Waals surface area contributed by atoms with E-state index in [2.05, 4.69) is 12.2 Å². The van der Waals surface area contributed by atoms with Crippen LogP contribution in [0.5, 0.6) is 5.75 Å². The van der Waals surface area contributed by atoms with E-state index in [9.17, 15) is 9.59 Å². The Morgan fingerprint density at radius 1 is 1.27 bits per heavy atom. The fourth-order valence-corrected chi connectivity index (χ4v) is 2.46. The lowest BCUT2D eigenvalue weighted by molar-refractivity contribution is -0.132. The van der Waals surface area contributed by atoms with Crippen LogP contribution < -0.4 is 10.1 Å². The van der Waals surface area contributed by atoms with Crippen molar-refractivity contribution < 1.29 is 14.3 Å². The summed E-state index contributed by atoms with van der Waals surface area (Å²) in [5, 5.41) is 3.30. The molecule has 1 saturated heterocycles. The average Bonchev–Trinajstić information content (AvgIpc) is 2.52. The molecule has 1 aromatic carbocycles. The molecule has 1 amide bonds. The first kappa shape index (κ1) is 18.5. The predicted octanol–water partition coefficient (Wildman–Crippen LogP) is 1.90. The number of rotatable bonds is 5. The zero-order chi connectivity index (χ0) is 15.2. The molecule has 0 radical (unpaired) electrons.